The number of benzene rings is 1. The van der Waals surface area contributed by atoms with Crippen LogP contribution in [-0.4, -0.2) is 22.0 Å². The molecule has 0 aliphatic heterocycles. The molecule has 0 saturated heterocycles. The second-order valence-electron chi connectivity index (χ2n) is 4.60. The topological polar surface area (TPSA) is 66.7 Å². The van der Waals surface area contributed by atoms with Gasteiger partial charge in [-0.05, 0) is 26.1 Å². The van der Waals surface area contributed by atoms with Crippen molar-refractivity contribution in [3.8, 4) is 11.3 Å². The molecule has 2 aromatic heterocycles. The van der Waals surface area contributed by atoms with E-state index in [0.717, 1.165) is 40.4 Å². The van der Waals surface area contributed by atoms with Gasteiger partial charge < -0.3 is 14.7 Å². The first kappa shape index (κ1) is 11.9. The summed E-state index contributed by atoms with van der Waals surface area (Å²) in [5.41, 5.74) is 4.74. The van der Waals surface area contributed by atoms with Crippen LogP contribution < -0.4 is 5.32 Å². The highest BCUT2D eigenvalue weighted by Gasteiger charge is 2.11. The number of nitrogens with one attached hydrogen (secondary N) is 2. The van der Waals surface area contributed by atoms with Gasteiger partial charge in [-0.15, -0.1) is 0 Å². The number of oxazole rings is 1. The van der Waals surface area contributed by atoms with Gasteiger partial charge in [0, 0.05) is 18.2 Å². The van der Waals surface area contributed by atoms with E-state index in [2.05, 4.69) is 20.3 Å². The largest absolute Gasteiger partial charge is 0.441 e. The molecule has 2 N–H and O–H groups in total. The normalized spacial score (nSPS) is 11.3. The molecule has 0 bridgehead atoms. The lowest BCUT2D eigenvalue weighted by atomic mass is 10.1. The van der Waals surface area contributed by atoms with Gasteiger partial charge >= 0.3 is 0 Å². The second-order valence-corrected chi connectivity index (χ2v) is 4.60. The lowest BCUT2D eigenvalue weighted by Crippen LogP contribution is -2.06. The second kappa shape index (κ2) is 4.51. The summed E-state index contributed by atoms with van der Waals surface area (Å²) < 4.78 is 5.56. The molecule has 0 amide bonds. The summed E-state index contributed by atoms with van der Waals surface area (Å²) in [4.78, 5) is 12.2. The lowest BCUT2D eigenvalue weighted by molar-refractivity contribution is 0.561. The van der Waals surface area contributed by atoms with Crippen molar-refractivity contribution in [2.24, 2.45) is 0 Å². The van der Waals surface area contributed by atoms with Crippen LogP contribution in [0.15, 0.2) is 22.6 Å². The van der Waals surface area contributed by atoms with Crippen LogP contribution >= 0.6 is 0 Å². The van der Waals surface area contributed by atoms with Crippen LogP contribution in [0.4, 0.5) is 0 Å². The average Bonchev–Trinajstić information content (AvgIpc) is 2.90. The molecular formula is C14H16N4O. The fraction of sp³-hybridized carbons (Fsp3) is 0.286. The molecule has 0 saturated carbocycles. The van der Waals surface area contributed by atoms with Gasteiger partial charge in [0.1, 0.15) is 11.3 Å². The smallest absolute Gasteiger partial charge is 0.192 e. The molecule has 0 aliphatic carbocycles. The highest BCUT2D eigenvalue weighted by molar-refractivity contribution is 5.79. The molecule has 0 unspecified atom stereocenters. The molecule has 0 atom stereocenters. The van der Waals surface area contributed by atoms with Crippen LogP contribution in [0.5, 0.6) is 0 Å². The number of hydrogen-bond acceptors (Lipinski definition) is 4. The molecule has 3 rings (SSSR count). The van der Waals surface area contributed by atoms with E-state index in [0.29, 0.717) is 5.89 Å². The van der Waals surface area contributed by atoms with Crippen molar-refractivity contribution < 1.29 is 4.42 Å². The van der Waals surface area contributed by atoms with E-state index in [1.165, 1.54) is 0 Å². The Morgan fingerprint density at radius 2 is 2.11 bits per heavy atom. The van der Waals surface area contributed by atoms with Crippen LogP contribution in [0.3, 0.4) is 0 Å². The van der Waals surface area contributed by atoms with Crippen molar-refractivity contribution in [2.45, 2.75) is 20.4 Å². The van der Waals surface area contributed by atoms with Crippen LogP contribution in [0.1, 0.15) is 17.4 Å². The van der Waals surface area contributed by atoms with E-state index in [4.69, 9.17) is 4.42 Å². The summed E-state index contributed by atoms with van der Waals surface area (Å²) in [5, 5.41) is 3.09. The Morgan fingerprint density at radius 1 is 1.26 bits per heavy atom. The van der Waals surface area contributed by atoms with Crippen molar-refractivity contribution in [1.82, 2.24) is 20.3 Å². The van der Waals surface area contributed by atoms with Crippen LogP contribution in [0.2, 0.25) is 0 Å². The van der Waals surface area contributed by atoms with Crippen molar-refractivity contribution in [1.29, 1.82) is 0 Å². The lowest BCUT2D eigenvalue weighted by Gasteiger charge is -1.97. The van der Waals surface area contributed by atoms with Crippen molar-refractivity contribution in [2.75, 3.05) is 7.05 Å². The van der Waals surface area contributed by atoms with Gasteiger partial charge in [-0.2, -0.15) is 0 Å². The highest BCUT2D eigenvalue weighted by atomic mass is 16.3. The number of aryl methyl sites for hydroxylation is 2. The molecule has 0 spiro atoms. The van der Waals surface area contributed by atoms with Crippen molar-refractivity contribution in [3.05, 3.63) is 35.6 Å². The predicted octanol–water partition coefficient (Wildman–Crippen LogP) is 2.55. The molecule has 1 aromatic carbocycles. The molecule has 5 nitrogen and oxygen atoms in total. The van der Waals surface area contributed by atoms with Crippen LogP contribution in [0.25, 0.3) is 22.4 Å². The molecule has 0 aliphatic rings. The zero-order valence-corrected chi connectivity index (χ0v) is 11.2. The first-order chi connectivity index (χ1) is 9.17. The molecule has 19 heavy (non-hydrogen) atoms. The van der Waals surface area contributed by atoms with E-state index in [1.807, 2.05) is 39.1 Å². The Balaban J connectivity index is 2.07. The Morgan fingerprint density at radius 3 is 2.89 bits per heavy atom. The number of fused-ring (bicyclic) bond motifs is 1. The van der Waals surface area contributed by atoms with Crippen molar-refractivity contribution >= 4 is 11.1 Å². The molecule has 0 fully saturated rings. The van der Waals surface area contributed by atoms with Gasteiger partial charge in [0.15, 0.2) is 11.5 Å². The summed E-state index contributed by atoms with van der Waals surface area (Å²) in [5.74, 6) is 1.62. The Labute approximate surface area is 111 Å². The van der Waals surface area contributed by atoms with Gasteiger partial charge in [0.25, 0.3) is 0 Å². The Hall–Kier alpha value is -2.14. The highest BCUT2D eigenvalue weighted by Crippen LogP contribution is 2.25. The summed E-state index contributed by atoms with van der Waals surface area (Å²) in [6, 6.07) is 5.98. The monoisotopic (exact) mass is 256 g/mol. The fourth-order valence-electron chi connectivity index (χ4n) is 2.24. The van der Waals surface area contributed by atoms with E-state index in [1.54, 1.807) is 0 Å². The maximum absolute atomic E-state index is 5.56. The molecular weight excluding hydrogens is 240 g/mol. The minimum atomic E-state index is 0.682. The number of aromatic nitrogens is 3. The van der Waals surface area contributed by atoms with Gasteiger partial charge in [0.2, 0.25) is 0 Å². The Bertz CT molecular complexity index is 726. The third kappa shape index (κ3) is 2.13. The third-order valence-electron chi connectivity index (χ3n) is 3.05. The first-order valence-electron chi connectivity index (χ1n) is 6.25. The summed E-state index contributed by atoms with van der Waals surface area (Å²) in [6.45, 7) is 4.60. The molecule has 5 heteroatoms. The number of H-pyrrole nitrogens is 1. The third-order valence-corrected chi connectivity index (χ3v) is 3.05. The number of hydrogen-bond donors (Lipinski definition) is 2. The number of rotatable bonds is 3. The number of nitrogens with zero attached hydrogens (tertiary/aromatic N) is 2. The van der Waals surface area contributed by atoms with Gasteiger partial charge in [-0.1, -0.05) is 6.07 Å². The molecule has 98 valence electrons. The number of imidazole rings is 1. The zero-order chi connectivity index (χ0) is 13.4. The zero-order valence-electron chi connectivity index (χ0n) is 11.2. The summed E-state index contributed by atoms with van der Waals surface area (Å²) >= 11 is 0. The quantitative estimate of drug-likeness (QED) is 0.755. The van der Waals surface area contributed by atoms with Crippen LogP contribution in [-0.2, 0) is 6.54 Å². The predicted molar refractivity (Wildman–Crippen MR) is 73.8 cm³/mol. The van der Waals surface area contributed by atoms with E-state index in [-0.39, 0.29) is 0 Å². The SMILES string of the molecule is CNCc1nc(-c2ccc3nc(C)oc3c2)c(C)[nH]1. The number of aromatic amines is 1. The molecule has 3 aromatic rings. The minimum Gasteiger partial charge on any atom is -0.441 e. The van der Waals surface area contributed by atoms with E-state index >= 15 is 0 Å². The fourth-order valence-corrected chi connectivity index (χ4v) is 2.24. The van der Waals surface area contributed by atoms with Gasteiger partial charge in [-0.3, -0.25) is 0 Å². The van der Waals surface area contributed by atoms with Crippen LogP contribution in [0, 0.1) is 13.8 Å². The summed E-state index contributed by atoms with van der Waals surface area (Å²) in [7, 11) is 1.90. The summed E-state index contributed by atoms with van der Waals surface area (Å²) in [6.07, 6.45) is 0. The molecule has 2 heterocycles. The maximum atomic E-state index is 5.56. The van der Waals surface area contributed by atoms with Crippen molar-refractivity contribution in [3.63, 3.8) is 0 Å². The first-order valence-corrected chi connectivity index (χ1v) is 6.25. The Kier molecular flexibility index (Phi) is 2.83. The van der Waals surface area contributed by atoms with E-state index < -0.39 is 0 Å². The average molecular weight is 256 g/mol. The van der Waals surface area contributed by atoms with E-state index in [9.17, 15) is 0 Å². The van der Waals surface area contributed by atoms with Gasteiger partial charge in [-0.25, -0.2) is 9.97 Å². The molecule has 0 radical (unpaired) electrons. The maximum Gasteiger partial charge on any atom is 0.192 e. The standard InChI is InChI=1S/C14H16N4O/c1-8-14(18-13(16-8)7-15-3)10-4-5-11-12(6-10)19-9(2)17-11/h4-6,15H,7H2,1-3H3,(H,16,18). The van der Waals surface area contributed by atoms with Gasteiger partial charge in [0.05, 0.1) is 12.2 Å². The minimum absolute atomic E-state index is 0.682.